The van der Waals surface area contributed by atoms with E-state index in [1.807, 2.05) is 0 Å². The highest BCUT2D eigenvalue weighted by Gasteiger charge is 2.68. The van der Waals surface area contributed by atoms with E-state index < -0.39 is 74.2 Å². The van der Waals surface area contributed by atoms with Crippen LogP contribution < -0.4 is 5.32 Å². The van der Waals surface area contributed by atoms with Crippen molar-refractivity contribution in [3.63, 3.8) is 0 Å². The summed E-state index contributed by atoms with van der Waals surface area (Å²) in [5, 5.41) is 24.5. The summed E-state index contributed by atoms with van der Waals surface area (Å²) in [7, 11) is -2.33. The molecule has 13 nitrogen and oxygen atoms in total. The number of non-ortho nitro benzene ring substituents is 1. The van der Waals surface area contributed by atoms with Crippen LogP contribution in [0.3, 0.4) is 0 Å². The lowest BCUT2D eigenvalue weighted by Crippen LogP contribution is -2.57. The Labute approximate surface area is 222 Å². The third kappa shape index (κ3) is 5.12. The van der Waals surface area contributed by atoms with Crippen molar-refractivity contribution >= 4 is 39.3 Å². The van der Waals surface area contributed by atoms with Gasteiger partial charge in [-0.05, 0) is 23.3 Å². The van der Waals surface area contributed by atoms with Crippen LogP contribution >= 0.6 is 0 Å². The SMILES string of the molecule is COC(=O)c1ccc(C2NC(Cc3ccc([N+](=O)[O-])cc3)(C(=O)O)C3C(=O)N(CCS(C)(=O)=O)C(=O)C23)cc1. The number of nitrogens with zero attached hydrogens (tertiary/aromatic N) is 2. The number of likely N-dealkylation sites (tertiary alicyclic amines) is 1. The highest BCUT2D eigenvalue weighted by atomic mass is 32.2. The molecule has 0 saturated carbocycles. The lowest BCUT2D eigenvalue weighted by Gasteiger charge is -2.31. The predicted molar refractivity (Wildman–Crippen MR) is 134 cm³/mol. The molecule has 0 aromatic heterocycles. The number of carbonyl (C=O) groups is 4. The number of ether oxygens (including phenoxy) is 1. The highest BCUT2D eigenvalue weighted by molar-refractivity contribution is 7.90. The Morgan fingerprint density at radius 1 is 1.10 bits per heavy atom. The summed E-state index contributed by atoms with van der Waals surface area (Å²) >= 11 is 0. The van der Waals surface area contributed by atoms with Crippen LogP contribution in [0.1, 0.15) is 27.5 Å². The number of esters is 1. The molecule has 2 amide bonds. The molecule has 2 saturated heterocycles. The third-order valence-corrected chi connectivity index (χ3v) is 8.06. The van der Waals surface area contributed by atoms with Crippen molar-refractivity contribution < 1.29 is 42.4 Å². The summed E-state index contributed by atoms with van der Waals surface area (Å²) in [6.45, 7) is -0.426. The minimum atomic E-state index is -3.54. The number of rotatable bonds is 9. The van der Waals surface area contributed by atoms with Crippen molar-refractivity contribution in [3.05, 3.63) is 75.3 Å². The van der Waals surface area contributed by atoms with Crippen molar-refractivity contribution in [2.45, 2.75) is 18.0 Å². The molecular formula is C25H25N3O10S. The Balaban J connectivity index is 1.79. The van der Waals surface area contributed by atoms with Gasteiger partial charge < -0.3 is 9.84 Å². The molecule has 4 unspecified atom stereocenters. The maximum atomic E-state index is 13.6. The average molecular weight is 560 g/mol. The zero-order valence-electron chi connectivity index (χ0n) is 20.9. The van der Waals surface area contributed by atoms with Crippen molar-refractivity contribution in [2.75, 3.05) is 25.7 Å². The molecule has 0 bridgehead atoms. The van der Waals surface area contributed by atoms with Crippen LogP contribution in [0, 0.1) is 22.0 Å². The summed E-state index contributed by atoms with van der Waals surface area (Å²) in [6, 6.07) is 10.1. The van der Waals surface area contributed by atoms with E-state index in [0.717, 1.165) is 11.2 Å². The largest absolute Gasteiger partial charge is 0.480 e. The molecule has 0 aliphatic carbocycles. The van der Waals surface area contributed by atoms with Crippen molar-refractivity contribution in [1.29, 1.82) is 0 Å². The molecule has 14 heteroatoms. The molecule has 2 aromatic rings. The quantitative estimate of drug-likeness (QED) is 0.191. The Hall–Kier alpha value is -4.17. The number of nitro groups is 1. The summed E-state index contributed by atoms with van der Waals surface area (Å²) in [5.41, 5.74) is -1.20. The first-order chi connectivity index (χ1) is 18.3. The number of fused-ring (bicyclic) bond motifs is 1. The van der Waals surface area contributed by atoms with Gasteiger partial charge in [-0.15, -0.1) is 0 Å². The van der Waals surface area contributed by atoms with Gasteiger partial charge in [0.1, 0.15) is 15.4 Å². The summed E-state index contributed by atoms with van der Waals surface area (Å²) < 4.78 is 28.2. The van der Waals surface area contributed by atoms with Gasteiger partial charge in [0.25, 0.3) is 5.69 Å². The second-order valence-corrected chi connectivity index (χ2v) is 11.8. The van der Waals surface area contributed by atoms with Gasteiger partial charge >= 0.3 is 11.9 Å². The molecule has 0 spiro atoms. The Bertz CT molecular complexity index is 1460. The van der Waals surface area contributed by atoms with Crippen LogP contribution in [0.5, 0.6) is 0 Å². The monoisotopic (exact) mass is 559 g/mol. The summed E-state index contributed by atoms with van der Waals surface area (Å²) in [6.07, 6.45) is 0.666. The lowest BCUT2D eigenvalue weighted by atomic mass is 9.76. The second kappa shape index (κ2) is 10.2. The van der Waals surface area contributed by atoms with Crippen LogP contribution in [0.15, 0.2) is 48.5 Å². The van der Waals surface area contributed by atoms with Gasteiger partial charge in [0.05, 0.1) is 35.2 Å². The van der Waals surface area contributed by atoms with E-state index in [1.165, 1.54) is 55.6 Å². The number of amides is 2. The Morgan fingerprint density at radius 3 is 2.23 bits per heavy atom. The maximum Gasteiger partial charge on any atom is 0.337 e. The van der Waals surface area contributed by atoms with E-state index in [1.54, 1.807) is 0 Å². The van der Waals surface area contributed by atoms with Gasteiger partial charge in [0.15, 0.2) is 0 Å². The summed E-state index contributed by atoms with van der Waals surface area (Å²) in [5.74, 6) is -6.63. The molecule has 2 fully saturated rings. The number of sulfone groups is 1. The molecule has 0 radical (unpaired) electrons. The van der Waals surface area contributed by atoms with Gasteiger partial charge in [0, 0.05) is 37.4 Å². The third-order valence-electron chi connectivity index (χ3n) is 7.13. The summed E-state index contributed by atoms with van der Waals surface area (Å²) in [4.78, 5) is 63.1. The van der Waals surface area contributed by atoms with Crippen LogP contribution in [0.4, 0.5) is 5.69 Å². The normalized spacial score (nSPS) is 24.5. The minimum absolute atomic E-state index is 0.206. The molecule has 4 atom stereocenters. The predicted octanol–water partition coefficient (Wildman–Crippen LogP) is 0.738. The standard InChI is InChI=1S/C25H25N3O10S/c1-38-23(31)16-7-5-15(6-8-16)20-18-19(22(30)27(21(18)29)11-12-39(2,36)37)25(26-20,24(32)33)13-14-3-9-17(10-4-14)28(34)35/h3-10,18-20,26H,11-13H2,1-2H3,(H,32,33). The average Bonchev–Trinajstić information content (AvgIpc) is 3.36. The molecular weight excluding hydrogens is 534 g/mol. The number of imide groups is 1. The van der Waals surface area contributed by atoms with Gasteiger partial charge in [-0.1, -0.05) is 24.3 Å². The number of carboxylic acids is 1. The number of hydrogen-bond donors (Lipinski definition) is 2. The van der Waals surface area contributed by atoms with E-state index in [-0.39, 0.29) is 17.7 Å². The first-order valence-corrected chi connectivity index (χ1v) is 13.8. The van der Waals surface area contributed by atoms with Crippen LogP contribution in [-0.2, 0) is 35.4 Å². The zero-order valence-corrected chi connectivity index (χ0v) is 21.7. The van der Waals surface area contributed by atoms with Crippen LogP contribution in [0.25, 0.3) is 0 Å². The van der Waals surface area contributed by atoms with E-state index >= 15 is 0 Å². The van der Waals surface area contributed by atoms with Crippen LogP contribution in [0.2, 0.25) is 0 Å². The Morgan fingerprint density at radius 2 is 1.72 bits per heavy atom. The number of nitrogens with one attached hydrogen (secondary N) is 1. The maximum absolute atomic E-state index is 13.6. The first kappa shape index (κ1) is 27.9. The fraction of sp³-hybridized carbons (Fsp3) is 0.360. The topological polar surface area (TPSA) is 190 Å². The number of carbonyl (C=O) groups excluding carboxylic acids is 3. The first-order valence-electron chi connectivity index (χ1n) is 11.7. The number of aliphatic carboxylic acids is 1. The van der Waals surface area contributed by atoms with Crippen LogP contribution in [-0.4, -0.2) is 78.3 Å². The lowest BCUT2D eigenvalue weighted by molar-refractivity contribution is -0.384. The number of benzene rings is 2. The van der Waals surface area contributed by atoms with Gasteiger partial charge in [-0.3, -0.25) is 34.7 Å². The molecule has 2 aliphatic rings. The minimum Gasteiger partial charge on any atom is -0.480 e. The molecule has 2 aromatic carbocycles. The highest BCUT2D eigenvalue weighted by Crippen LogP contribution is 2.50. The van der Waals surface area contributed by atoms with Crippen molar-refractivity contribution in [3.8, 4) is 0 Å². The van der Waals surface area contributed by atoms with Gasteiger partial charge in [-0.2, -0.15) is 0 Å². The van der Waals surface area contributed by atoms with E-state index in [0.29, 0.717) is 11.1 Å². The fourth-order valence-corrected chi connectivity index (χ4v) is 5.78. The number of carboxylic acid groups (broad SMARTS) is 1. The van der Waals surface area contributed by atoms with E-state index in [2.05, 4.69) is 5.32 Å². The number of hydrogen-bond acceptors (Lipinski definition) is 10. The zero-order chi connectivity index (χ0) is 28.7. The van der Waals surface area contributed by atoms with E-state index in [9.17, 15) is 42.8 Å². The fourth-order valence-electron chi connectivity index (χ4n) is 5.26. The van der Waals surface area contributed by atoms with Crippen molar-refractivity contribution in [2.24, 2.45) is 11.8 Å². The molecule has 206 valence electrons. The number of methoxy groups -OCH3 is 1. The Kier molecular flexibility index (Phi) is 7.27. The molecule has 2 N–H and O–H groups in total. The molecule has 2 heterocycles. The smallest absolute Gasteiger partial charge is 0.337 e. The molecule has 39 heavy (non-hydrogen) atoms. The molecule has 4 rings (SSSR count). The second-order valence-electron chi connectivity index (χ2n) is 9.57. The van der Waals surface area contributed by atoms with E-state index in [4.69, 9.17) is 4.74 Å². The van der Waals surface area contributed by atoms with Gasteiger partial charge in [-0.25, -0.2) is 13.2 Å². The molecule has 2 aliphatic heterocycles. The van der Waals surface area contributed by atoms with Gasteiger partial charge in [0.2, 0.25) is 11.8 Å². The van der Waals surface area contributed by atoms with Crippen molar-refractivity contribution in [1.82, 2.24) is 10.2 Å². The number of nitro benzene ring substituents is 1.